The second kappa shape index (κ2) is 5.96. The molecule has 106 valence electrons. The molecule has 1 fully saturated rings. The van der Waals surface area contributed by atoms with E-state index in [1.165, 1.54) is 4.31 Å². The van der Waals surface area contributed by atoms with Gasteiger partial charge in [0.05, 0.1) is 5.69 Å². The van der Waals surface area contributed by atoms with E-state index in [1.807, 2.05) is 7.05 Å². The molecule has 0 amide bonds. The topological polar surface area (TPSA) is 79.5 Å². The smallest absolute Gasteiger partial charge is 0.244 e. The Labute approximate surface area is 114 Å². The Hall–Kier alpha value is -1.02. The van der Waals surface area contributed by atoms with Crippen LogP contribution in [0.4, 0.5) is 0 Å². The van der Waals surface area contributed by atoms with Crippen molar-refractivity contribution in [1.82, 2.24) is 14.2 Å². The molecule has 7 heteroatoms. The van der Waals surface area contributed by atoms with Crippen LogP contribution < -0.4 is 5.73 Å². The van der Waals surface area contributed by atoms with Gasteiger partial charge in [0.25, 0.3) is 0 Å². The third-order valence-corrected chi connectivity index (χ3v) is 5.31. The van der Waals surface area contributed by atoms with E-state index in [0.717, 1.165) is 19.5 Å². The molecule has 19 heavy (non-hydrogen) atoms. The van der Waals surface area contributed by atoms with Crippen LogP contribution in [-0.4, -0.2) is 55.8 Å². The molecule has 2 rings (SSSR count). The molecule has 1 aliphatic heterocycles. The molecule has 1 aromatic rings. The van der Waals surface area contributed by atoms with Crippen LogP contribution in [-0.2, 0) is 16.6 Å². The van der Waals surface area contributed by atoms with E-state index in [2.05, 4.69) is 9.88 Å². The fraction of sp³-hybridized carbons (Fsp3) is 0.583. The molecule has 0 unspecified atom stereocenters. The summed E-state index contributed by atoms with van der Waals surface area (Å²) in [6.07, 6.45) is 2.41. The first-order valence-corrected chi connectivity index (χ1v) is 7.82. The molecular formula is C12H20N4O2S. The lowest BCUT2D eigenvalue weighted by atomic mass is 10.3. The predicted octanol–water partition coefficient (Wildman–Crippen LogP) is -0.133. The first-order valence-electron chi connectivity index (χ1n) is 6.38. The van der Waals surface area contributed by atoms with Crippen molar-refractivity contribution in [3.05, 3.63) is 24.0 Å². The fourth-order valence-corrected chi connectivity index (χ4v) is 3.87. The molecule has 2 heterocycles. The van der Waals surface area contributed by atoms with Crippen LogP contribution in [0, 0.1) is 0 Å². The maximum atomic E-state index is 12.6. The molecule has 0 spiro atoms. The maximum Gasteiger partial charge on any atom is 0.244 e. The number of nitrogens with two attached hydrogens (primary N) is 1. The molecule has 0 radical (unpaired) electrons. The van der Waals surface area contributed by atoms with Crippen LogP contribution in [0.1, 0.15) is 12.1 Å². The van der Waals surface area contributed by atoms with Gasteiger partial charge in [0.1, 0.15) is 4.90 Å². The van der Waals surface area contributed by atoms with Gasteiger partial charge >= 0.3 is 0 Å². The largest absolute Gasteiger partial charge is 0.325 e. The highest BCUT2D eigenvalue weighted by Crippen LogP contribution is 2.19. The number of pyridine rings is 1. The van der Waals surface area contributed by atoms with Crippen LogP contribution >= 0.6 is 0 Å². The Balaban J connectivity index is 2.31. The zero-order valence-corrected chi connectivity index (χ0v) is 11.9. The number of nitrogens with zero attached hydrogens (tertiary/aromatic N) is 3. The Morgan fingerprint density at radius 1 is 1.32 bits per heavy atom. The van der Waals surface area contributed by atoms with Crippen LogP contribution in [0.25, 0.3) is 0 Å². The summed E-state index contributed by atoms with van der Waals surface area (Å²) in [5, 5.41) is 0. The van der Waals surface area contributed by atoms with Gasteiger partial charge < -0.3 is 10.6 Å². The lowest BCUT2D eigenvalue weighted by Gasteiger charge is -2.21. The zero-order valence-electron chi connectivity index (χ0n) is 11.1. The minimum absolute atomic E-state index is 0.128. The number of hydrogen-bond acceptors (Lipinski definition) is 5. The Morgan fingerprint density at radius 3 is 2.84 bits per heavy atom. The SMILES string of the molecule is CN1CCCN(S(=O)(=O)c2cccnc2CN)CC1. The number of hydrogen-bond donors (Lipinski definition) is 1. The number of rotatable bonds is 3. The van der Waals surface area contributed by atoms with Crippen LogP contribution in [0.5, 0.6) is 0 Å². The summed E-state index contributed by atoms with van der Waals surface area (Å²) in [6.45, 7) is 2.85. The first kappa shape index (κ1) is 14.4. The molecule has 0 aromatic carbocycles. The quantitative estimate of drug-likeness (QED) is 0.836. The minimum Gasteiger partial charge on any atom is -0.325 e. The summed E-state index contributed by atoms with van der Waals surface area (Å²) in [7, 11) is -1.48. The Kier molecular flexibility index (Phi) is 4.51. The highest BCUT2D eigenvalue weighted by Gasteiger charge is 2.28. The van der Waals surface area contributed by atoms with Crippen LogP contribution in [0.2, 0.25) is 0 Å². The third-order valence-electron chi connectivity index (χ3n) is 3.34. The average molecular weight is 284 g/mol. The van der Waals surface area contributed by atoms with Crippen LogP contribution in [0.3, 0.4) is 0 Å². The van der Waals surface area contributed by atoms with Crippen LogP contribution in [0.15, 0.2) is 23.2 Å². The highest BCUT2D eigenvalue weighted by molar-refractivity contribution is 7.89. The van der Waals surface area contributed by atoms with Gasteiger partial charge in [-0.2, -0.15) is 4.31 Å². The maximum absolute atomic E-state index is 12.6. The molecule has 6 nitrogen and oxygen atoms in total. The van der Waals surface area contributed by atoms with E-state index < -0.39 is 10.0 Å². The molecule has 1 aliphatic rings. The summed E-state index contributed by atoms with van der Waals surface area (Å²) < 4.78 is 26.8. The average Bonchev–Trinajstić information content (AvgIpc) is 2.64. The van der Waals surface area contributed by atoms with Gasteiger partial charge in [-0.25, -0.2) is 8.42 Å². The summed E-state index contributed by atoms with van der Waals surface area (Å²) >= 11 is 0. The highest BCUT2D eigenvalue weighted by atomic mass is 32.2. The summed E-state index contributed by atoms with van der Waals surface area (Å²) in [6, 6.07) is 3.22. The van der Waals surface area contributed by atoms with Crippen molar-refractivity contribution in [2.24, 2.45) is 5.73 Å². The van der Waals surface area contributed by atoms with Crippen molar-refractivity contribution in [2.45, 2.75) is 17.9 Å². The summed E-state index contributed by atoms with van der Waals surface area (Å²) in [5.41, 5.74) is 6.01. The van der Waals surface area contributed by atoms with Crippen molar-refractivity contribution < 1.29 is 8.42 Å². The Morgan fingerprint density at radius 2 is 2.11 bits per heavy atom. The van der Waals surface area contributed by atoms with E-state index in [0.29, 0.717) is 18.8 Å². The van der Waals surface area contributed by atoms with Gasteiger partial charge in [-0.15, -0.1) is 0 Å². The minimum atomic E-state index is -3.49. The van der Waals surface area contributed by atoms with Crippen molar-refractivity contribution in [1.29, 1.82) is 0 Å². The van der Waals surface area contributed by atoms with Crippen molar-refractivity contribution >= 4 is 10.0 Å². The van der Waals surface area contributed by atoms with Crippen molar-refractivity contribution in [2.75, 3.05) is 33.2 Å². The van der Waals surface area contributed by atoms with E-state index in [1.54, 1.807) is 18.3 Å². The first-order chi connectivity index (χ1) is 9.05. The number of likely N-dealkylation sites (N-methyl/N-ethyl adjacent to an activating group) is 1. The molecule has 1 aromatic heterocycles. The van der Waals surface area contributed by atoms with E-state index in [4.69, 9.17) is 5.73 Å². The standard InChI is InChI=1S/C12H20N4O2S/c1-15-6-3-7-16(9-8-15)19(17,18)12-4-2-5-14-11(12)10-13/h2,4-5H,3,6-10,13H2,1H3. The lowest BCUT2D eigenvalue weighted by Crippen LogP contribution is -2.35. The van der Waals surface area contributed by atoms with Gasteiger partial charge in [0, 0.05) is 32.4 Å². The second-order valence-corrected chi connectivity index (χ2v) is 6.62. The van der Waals surface area contributed by atoms with Crippen molar-refractivity contribution in [3.8, 4) is 0 Å². The predicted molar refractivity (Wildman–Crippen MR) is 73.0 cm³/mol. The Bertz CT molecular complexity index is 532. The van der Waals surface area contributed by atoms with Gasteiger partial charge in [-0.1, -0.05) is 0 Å². The van der Waals surface area contributed by atoms with E-state index in [-0.39, 0.29) is 11.4 Å². The number of sulfonamides is 1. The lowest BCUT2D eigenvalue weighted by molar-refractivity contribution is 0.347. The van der Waals surface area contributed by atoms with E-state index >= 15 is 0 Å². The monoisotopic (exact) mass is 284 g/mol. The molecule has 0 aliphatic carbocycles. The normalized spacial score (nSPS) is 19.3. The van der Waals surface area contributed by atoms with Gasteiger partial charge in [-0.05, 0) is 32.1 Å². The third kappa shape index (κ3) is 3.11. The molecule has 2 N–H and O–H groups in total. The van der Waals surface area contributed by atoms with Gasteiger partial charge in [-0.3, -0.25) is 4.98 Å². The molecular weight excluding hydrogens is 264 g/mol. The molecule has 0 saturated carbocycles. The number of aromatic nitrogens is 1. The fourth-order valence-electron chi connectivity index (χ4n) is 2.21. The molecule has 0 bridgehead atoms. The second-order valence-electron chi connectivity index (χ2n) is 4.71. The van der Waals surface area contributed by atoms with Gasteiger partial charge in [0.2, 0.25) is 10.0 Å². The van der Waals surface area contributed by atoms with Gasteiger partial charge in [0.15, 0.2) is 0 Å². The molecule has 0 atom stereocenters. The van der Waals surface area contributed by atoms with Crippen molar-refractivity contribution in [3.63, 3.8) is 0 Å². The molecule has 1 saturated heterocycles. The zero-order chi connectivity index (χ0) is 13.9. The van der Waals surface area contributed by atoms with E-state index in [9.17, 15) is 8.42 Å². The summed E-state index contributed by atoms with van der Waals surface area (Å²) in [4.78, 5) is 6.43. The summed E-state index contributed by atoms with van der Waals surface area (Å²) in [5.74, 6) is 0.